The Hall–Kier alpha value is -1.14. The second-order valence-corrected chi connectivity index (χ2v) is 8.07. The van der Waals surface area contributed by atoms with Gasteiger partial charge in [0.15, 0.2) is 0 Å². The summed E-state index contributed by atoms with van der Waals surface area (Å²) in [5.74, 6) is 0.319. The standard InChI is InChI=1S/C21H40N4O2/c1-3-4-5-6-13-23-21(27)12-17-25-15-8-10-19(25)18-9-7-14-24(18)16-11-20(26)22-2/h18-19H,3-17H2,1-2H3,(H,22,26)(H,23,27). The lowest BCUT2D eigenvalue weighted by molar-refractivity contribution is -0.122. The van der Waals surface area contributed by atoms with Crippen molar-refractivity contribution < 1.29 is 9.59 Å². The van der Waals surface area contributed by atoms with Crippen molar-refractivity contribution in [3.05, 3.63) is 0 Å². The minimum absolute atomic E-state index is 0.125. The van der Waals surface area contributed by atoms with E-state index in [9.17, 15) is 9.59 Å². The fraction of sp³-hybridized carbons (Fsp3) is 0.905. The van der Waals surface area contributed by atoms with Crippen molar-refractivity contribution in [3.8, 4) is 0 Å². The van der Waals surface area contributed by atoms with Gasteiger partial charge in [-0.25, -0.2) is 0 Å². The van der Waals surface area contributed by atoms with Crippen molar-refractivity contribution in [2.75, 3.05) is 39.8 Å². The predicted molar refractivity (Wildman–Crippen MR) is 110 cm³/mol. The van der Waals surface area contributed by atoms with Crippen LogP contribution in [-0.4, -0.2) is 73.5 Å². The van der Waals surface area contributed by atoms with Crippen LogP contribution in [0, 0.1) is 0 Å². The van der Waals surface area contributed by atoms with Gasteiger partial charge in [0.25, 0.3) is 0 Å². The largest absolute Gasteiger partial charge is 0.359 e. The molecule has 0 saturated carbocycles. The van der Waals surface area contributed by atoms with Gasteiger partial charge in [-0.15, -0.1) is 0 Å². The van der Waals surface area contributed by atoms with E-state index in [2.05, 4.69) is 27.4 Å². The van der Waals surface area contributed by atoms with Gasteiger partial charge in [0.2, 0.25) is 11.8 Å². The zero-order valence-electron chi connectivity index (χ0n) is 17.5. The molecule has 2 unspecified atom stereocenters. The monoisotopic (exact) mass is 380 g/mol. The molecule has 0 radical (unpaired) electrons. The molecule has 2 aliphatic rings. The summed E-state index contributed by atoms with van der Waals surface area (Å²) in [7, 11) is 1.71. The van der Waals surface area contributed by atoms with E-state index in [1.807, 2.05) is 0 Å². The molecule has 27 heavy (non-hydrogen) atoms. The van der Waals surface area contributed by atoms with E-state index in [1.165, 1.54) is 44.9 Å². The number of amides is 2. The summed E-state index contributed by atoms with van der Waals surface area (Å²) in [6.45, 7) is 6.95. The van der Waals surface area contributed by atoms with Crippen LogP contribution >= 0.6 is 0 Å². The first-order chi connectivity index (χ1) is 13.2. The average Bonchev–Trinajstić information content (AvgIpc) is 3.32. The Balaban J connectivity index is 1.72. The molecule has 0 aromatic heterocycles. The number of carbonyl (C=O) groups is 2. The number of rotatable bonds is 12. The fourth-order valence-electron chi connectivity index (χ4n) is 4.61. The Labute approximate surface area is 165 Å². The summed E-state index contributed by atoms with van der Waals surface area (Å²) in [4.78, 5) is 28.8. The first-order valence-electron chi connectivity index (χ1n) is 11.1. The molecule has 6 nitrogen and oxygen atoms in total. The lowest BCUT2D eigenvalue weighted by atomic mass is 10.0. The van der Waals surface area contributed by atoms with E-state index in [0.717, 1.165) is 39.1 Å². The van der Waals surface area contributed by atoms with E-state index in [1.54, 1.807) is 7.05 Å². The van der Waals surface area contributed by atoms with Gasteiger partial charge in [-0.2, -0.15) is 0 Å². The summed E-state index contributed by atoms with van der Waals surface area (Å²) in [5, 5.41) is 5.80. The Kier molecular flexibility index (Phi) is 10.1. The second-order valence-electron chi connectivity index (χ2n) is 8.07. The molecule has 0 aliphatic carbocycles. The zero-order chi connectivity index (χ0) is 19.5. The molecule has 0 aromatic carbocycles. The number of nitrogens with one attached hydrogen (secondary N) is 2. The molecular formula is C21H40N4O2. The second kappa shape index (κ2) is 12.3. The smallest absolute Gasteiger partial charge is 0.221 e. The molecular weight excluding hydrogens is 340 g/mol. The lowest BCUT2D eigenvalue weighted by Gasteiger charge is -2.35. The molecule has 2 N–H and O–H groups in total. The van der Waals surface area contributed by atoms with E-state index in [0.29, 0.717) is 24.9 Å². The summed E-state index contributed by atoms with van der Waals surface area (Å²) in [5.41, 5.74) is 0. The Morgan fingerprint density at radius 3 is 2.04 bits per heavy atom. The average molecular weight is 381 g/mol. The fourth-order valence-corrected chi connectivity index (χ4v) is 4.61. The summed E-state index contributed by atoms with van der Waals surface area (Å²) < 4.78 is 0. The van der Waals surface area contributed by atoms with Gasteiger partial charge in [0.05, 0.1) is 0 Å². The van der Waals surface area contributed by atoms with Gasteiger partial charge in [0.1, 0.15) is 0 Å². The van der Waals surface area contributed by atoms with Crippen LogP contribution in [0.5, 0.6) is 0 Å². The quantitative estimate of drug-likeness (QED) is 0.509. The number of carbonyl (C=O) groups excluding carboxylic acids is 2. The van der Waals surface area contributed by atoms with Crippen LogP contribution in [0.15, 0.2) is 0 Å². The van der Waals surface area contributed by atoms with E-state index >= 15 is 0 Å². The highest BCUT2D eigenvalue weighted by atomic mass is 16.2. The minimum atomic E-state index is 0.125. The van der Waals surface area contributed by atoms with Gasteiger partial charge in [-0.3, -0.25) is 19.4 Å². The van der Waals surface area contributed by atoms with E-state index < -0.39 is 0 Å². The highest BCUT2D eigenvalue weighted by Gasteiger charge is 2.37. The molecule has 156 valence electrons. The first-order valence-corrected chi connectivity index (χ1v) is 11.1. The van der Waals surface area contributed by atoms with Gasteiger partial charge < -0.3 is 10.6 Å². The van der Waals surface area contributed by atoms with E-state index in [4.69, 9.17) is 0 Å². The van der Waals surface area contributed by atoms with Gasteiger partial charge in [-0.1, -0.05) is 26.2 Å². The van der Waals surface area contributed by atoms with Crippen LogP contribution in [0.2, 0.25) is 0 Å². The maximum absolute atomic E-state index is 12.1. The molecule has 2 saturated heterocycles. The number of hydrogen-bond donors (Lipinski definition) is 2. The molecule has 2 rings (SSSR count). The Morgan fingerprint density at radius 2 is 1.48 bits per heavy atom. The number of hydrogen-bond acceptors (Lipinski definition) is 4. The highest BCUT2D eigenvalue weighted by Crippen LogP contribution is 2.30. The molecule has 2 atom stereocenters. The molecule has 2 fully saturated rings. The topological polar surface area (TPSA) is 64.7 Å². The maximum Gasteiger partial charge on any atom is 0.221 e. The van der Waals surface area contributed by atoms with Gasteiger partial charge in [0, 0.05) is 51.6 Å². The molecule has 2 amide bonds. The predicted octanol–water partition coefficient (Wildman–Crippen LogP) is 2.14. The van der Waals surface area contributed by atoms with Crippen LogP contribution < -0.4 is 10.6 Å². The first kappa shape index (κ1) is 22.2. The number of nitrogens with zero attached hydrogens (tertiary/aromatic N) is 2. The van der Waals surface area contributed by atoms with Crippen molar-refractivity contribution in [3.63, 3.8) is 0 Å². The number of unbranched alkanes of at least 4 members (excludes halogenated alkanes) is 3. The highest BCUT2D eigenvalue weighted by molar-refractivity contribution is 5.76. The molecule has 6 heteroatoms. The van der Waals surface area contributed by atoms with Crippen LogP contribution in [-0.2, 0) is 9.59 Å². The van der Waals surface area contributed by atoms with Crippen LogP contribution in [0.1, 0.15) is 71.1 Å². The summed E-state index contributed by atoms with van der Waals surface area (Å²) in [6.07, 6.45) is 10.9. The van der Waals surface area contributed by atoms with Crippen molar-refractivity contribution in [1.29, 1.82) is 0 Å². The molecule has 2 aliphatic heterocycles. The van der Waals surface area contributed by atoms with Gasteiger partial charge >= 0.3 is 0 Å². The van der Waals surface area contributed by atoms with Crippen molar-refractivity contribution >= 4 is 11.8 Å². The molecule has 0 aromatic rings. The van der Waals surface area contributed by atoms with E-state index in [-0.39, 0.29) is 11.8 Å². The Bertz CT molecular complexity index is 457. The third-order valence-corrected chi connectivity index (χ3v) is 6.16. The van der Waals surface area contributed by atoms with Crippen molar-refractivity contribution in [2.24, 2.45) is 0 Å². The van der Waals surface area contributed by atoms with Crippen molar-refractivity contribution in [2.45, 2.75) is 83.2 Å². The SMILES string of the molecule is CCCCCCNC(=O)CCN1CCCC1C1CCCN1CCC(=O)NC. The van der Waals surface area contributed by atoms with Crippen LogP contribution in [0.25, 0.3) is 0 Å². The van der Waals surface area contributed by atoms with Crippen molar-refractivity contribution in [1.82, 2.24) is 20.4 Å². The molecule has 0 bridgehead atoms. The third-order valence-electron chi connectivity index (χ3n) is 6.16. The summed E-state index contributed by atoms with van der Waals surface area (Å²) in [6, 6.07) is 1.10. The Morgan fingerprint density at radius 1 is 0.889 bits per heavy atom. The zero-order valence-corrected chi connectivity index (χ0v) is 17.5. The van der Waals surface area contributed by atoms with Crippen LogP contribution in [0.3, 0.4) is 0 Å². The number of likely N-dealkylation sites (tertiary alicyclic amines) is 2. The van der Waals surface area contributed by atoms with Crippen LogP contribution in [0.4, 0.5) is 0 Å². The normalized spacial score (nSPS) is 23.6. The molecule has 2 heterocycles. The summed E-state index contributed by atoms with van der Waals surface area (Å²) >= 11 is 0. The molecule has 0 spiro atoms. The third kappa shape index (κ3) is 7.41. The van der Waals surface area contributed by atoms with Gasteiger partial charge in [-0.05, 0) is 45.2 Å². The lowest BCUT2D eigenvalue weighted by Crippen LogP contribution is -2.47. The minimum Gasteiger partial charge on any atom is -0.359 e. The maximum atomic E-state index is 12.1.